The molecule has 4 nitrogen and oxygen atoms in total. The van der Waals surface area contributed by atoms with Crippen LogP contribution in [0.5, 0.6) is 0 Å². The highest BCUT2D eigenvalue weighted by Crippen LogP contribution is 2.15. The number of nitrogens with zero attached hydrogens (tertiary/aromatic N) is 2. The summed E-state index contributed by atoms with van der Waals surface area (Å²) in [5.41, 5.74) is 8.47. The lowest BCUT2D eigenvalue weighted by Gasteiger charge is -2.04. The van der Waals surface area contributed by atoms with Crippen LogP contribution in [0.3, 0.4) is 0 Å². The third-order valence-corrected chi connectivity index (χ3v) is 2.33. The number of ether oxygens (including phenoxy) is 1. The minimum Gasteiger partial charge on any atom is -0.399 e. The lowest BCUT2D eigenvalue weighted by molar-refractivity contribution is 0.140. The minimum absolute atomic E-state index is 0.715. The second kappa shape index (κ2) is 4.31. The van der Waals surface area contributed by atoms with Gasteiger partial charge in [0.2, 0.25) is 0 Å². The van der Waals surface area contributed by atoms with Crippen molar-refractivity contribution in [2.45, 2.75) is 13.5 Å². The highest BCUT2D eigenvalue weighted by Gasteiger charge is 2.01. The van der Waals surface area contributed by atoms with Gasteiger partial charge in [0.25, 0.3) is 0 Å². The quantitative estimate of drug-likeness (QED) is 0.610. The van der Waals surface area contributed by atoms with Gasteiger partial charge in [-0.05, 0) is 25.1 Å². The molecule has 15 heavy (non-hydrogen) atoms. The van der Waals surface area contributed by atoms with Crippen molar-refractivity contribution in [2.75, 3.05) is 18.9 Å². The number of hydrogen-bond acceptors (Lipinski definition) is 3. The Balaban J connectivity index is 2.21. The van der Waals surface area contributed by atoms with E-state index in [1.54, 1.807) is 0 Å². The van der Waals surface area contributed by atoms with Crippen molar-refractivity contribution in [1.29, 1.82) is 0 Å². The van der Waals surface area contributed by atoms with Gasteiger partial charge in [-0.25, -0.2) is 4.98 Å². The van der Waals surface area contributed by atoms with Crippen LogP contribution in [0.2, 0.25) is 0 Å². The van der Waals surface area contributed by atoms with E-state index in [4.69, 9.17) is 10.5 Å². The Morgan fingerprint density at radius 2 is 2.33 bits per heavy atom. The van der Waals surface area contributed by atoms with Crippen LogP contribution in [-0.4, -0.2) is 22.8 Å². The first kappa shape index (κ1) is 9.98. The smallest absolute Gasteiger partial charge is 0.0959 e. The number of anilines is 1. The fourth-order valence-corrected chi connectivity index (χ4v) is 1.57. The van der Waals surface area contributed by atoms with E-state index in [2.05, 4.69) is 9.55 Å². The summed E-state index contributed by atoms with van der Waals surface area (Å²) in [6.45, 7) is 4.28. The molecular weight excluding hydrogens is 190 g/mol. The van der Waals surface area contributed by atoms with E-state index in [-0.39, 0.29) is 0 Å². The molecule has 1 aromatic carbocycles. The summed E-state index contributed by atoms with van der Waals surface area (Å²) in [6.07, 6.45) is 1.82. The number of nitrogen functional groups attached to an aromatic ring is 1. The topological polar surface area (TPSA) is 53.1 Å². The second-order valence-corrected chi connectivity index (χ2v) is 3.38. The molecule has 0 radical (unpaired) electrons. The maximum absolute atomic E-state index is 5.68. The summed E-state index contributed by atoms with van der Waals surface area (Å²) in [7, 11) is 0. The zero-order chi connectivity index (χ0) is 10.7. The lowest BCUT2D eigenvalue weighted by Crippen LogP contribution is -2.04. The molecule has 4 heteroatoms. The van der Waals surface area contributed by atoms with E-state index in [0.29, 0.717) is 6.61 Å². The zero-order valence-electron chi connectivity index (χ0n) is 8.81. The Hall–Kier alpha value is -1.55. The molecule has 1 aromatic heterocycles. The van der Waals surface area contributed by atoms with Crippen molar-refractivity contribution in [2.24, 2.45) is 0 Å². The predicted octanol–water partition coefficient (Wildman–Crippen LogP) is 1.66. The van der Waals surface area contributed by atoms with Crippen LogP contribution in [0.25, 0.3) is 11.0 Å². The van der Waals surface area contributed by atoms with Crippen LogP contribution in [-0.2, 0) is 11.3 Å². The van der Waals surface area contributed by atoms with Gasteiger partial charge >= 0.3 is 0 Å². The number of fused-ring (bicyclic) bond motifs is 1. The van der Waals surface area contributed by atoms with Crippen LogP contribution >= 0.6 is 0 Å². The Bertz CT molecular complexity index is 450. The van der Waals surface area contributed by atoms with E-state index in [1.165, 1.54) is 0 Å². The van der Waals surface area contributed by atoms with Crippen LogP contribution in [0, 0.1) is 0 Å². The number of imidazole rings is 1. The summed E-state index contributed by atoms with van der Waals surface area (Å²) < 4.78 is 7.38. The van der Waals surface area contributed by atoms with Crippen LogP contribution in [0.1, 0.15) is 6.92 Å². The Morgan fingerprint density at radius 1 is 1.47 bits per heavy atom. The number of aromatic nitrogens is 2. The summed E-state index contributed by atoms with van der Waals surface area (Å²) in [6, 6.07) is 5.76. The van der Waals surface area contributed by atoms with Gasteiger partial charge in [0.15, 0.2) is 0 Å². The number of nitrogens with two attached hydrogens (primary N) is 1. The number of benzene rings is 1. The van der Waals surface area contributed by atoms with Gasteiger partial charge in [-0.1, -0.05) is 0 Å². The van der Waals surface area contributed by atoms with Crippen molar-refractivity contribution in [3.05, 3.63) is 24.5 Å². The monoisotopic (exact) mass is 205 g/mol. The maximum Gasteiger partial charge on any atom is 0.0959 e. The fourth-order valence-electron chi connectivity index (χ4n) is 1.57. The maximum atomic E-state index is 5.68. The molecule has 0 unspecified atom stereocenters. The molecule has 0 aliphatic heterocycles. The van der Waals surface area contributed by atoms with E-state index < -0.39 is 0 Å². The van der Waals surface area contributed by atoms with Gasteiger partial charge in [0, 0.05) is 18.8 Å². The fraction of sp³-hybridized carbons (Fsp3) is 0.364. The molecule has 0 saturated heterocycles. The predicted molar refractivity (Wildman–Crippen MR) is 60.6 cm³/mol. The SMILES string of the molecule is CCOCCn1cnc2cc(N)ccc21. The minimum atomic E-state index is 0.715. The molecule has 1 heterocycles. The first-order valence-corrected chi connectivity index (χ1v) is 5.09. The third-order valence-electron chi connectivity index (χ3n) is 2.33. The average Bonchev–Trinajstić information content (AvgIpc) is 2.61. The molecule has 2 N–H and O–H groups in total. The van der Waals surface area contributed by atoms with Crippen molar-refractivity contribution >= 4 is 16.7 Å². The van der Waals surface area contributed by atoms with E-state index >= 15 is 0 Å². The number of rotatable bonds is 4. The average molecular weight is 205 g/mol. The molecule has 0 saturated carbocycles. The van der Waals surface area contributed by atoms with Crippen LogP contribution in [0.15, 0.2) is 24.5 Å². The van der Waals surface area contributed by atoms with Gasteiger partial charge in [0.05, 0.1) is 24.0 Å². The van der Waals surface area contributed by atoms with Crippen molar-refractivity contribution < 1.29 is 4.74 Å². The molecule has 80 valence electrons. The Labute approximate surface area is 88.7 Å². The van der Waals surface area contributed by atoms with E-state index in [1.807, 2.05) is 31.5 Å². The lowest BCUT2D eigenvalue weighted by atomic mass is 10.3. The summed E-state index contributed by atoms with van der Waals surface area (Å²) in [5, 5.41) is 0. The molecule has 2 aromatic rings. The molecule has 0 aliphatic carbocycles. The van der Waals surface area contributed by atoms with Crippen molar-refractivity contribution in [3.8, 4) is 0 Å². The summed E-state index contributed by atoms with van der Waals surface area (Å²) >= 11 is 0. The standard InChI is InChI=1S/C11H15N3O/c1-2-15-6-5-14-8-13-10-7-9(12)3-4-11(10)14/h3-4,7-8H,2,5-6,12H2,1H3. The largest absolute Gasteiger partial charge is 0.399 e. The summed E-state index contributed by atoms with van der Waals surface area (Å²) in [4.78, 5) is 4.29. The molecule has 2 rings (SSSR count). The van der Waals surface area contributed by atoms with Gasteiger partial charge < -0.3 is 15.0 Å². The first-order chi connectivity index (χ1) is 7.31. The molecule has 0 bridgehead atoms. The van der Waals surface area contributed by atoms with Crippen molar-refractivity contribution in [3.63, 3.8) is 0 Å². The van der Waals surface area contributed by atoms with Gasteiger partial charge in [-0.3, -0.25) is 0 Å². The summed E-state index contributed by atoms with van der Waals surface area (Å²) in [5.74, 6) is 0. The van der Waals surface area contributed by atoms with Gasteiger partial charge in [-0.15, -0.1) is 0 Å². The second-order valence-electron chi connectivity index (χ2n) is 3.38. The Morgan fingerprint density at radius 3 is 3.13 bits per heavy atom. The zero-order valence-corrected chi connectivity index (χ0v) is 8.81. The van der Waals surface area contributed by atoms with Gasteiger partial charge in [0.1, 0.15) is 0 Å². The molecule has 0 fully saturated rings. The highest BCUT2D eigenvalue weighted by atomic mass is 16.5. The van der Waals surface area contributed by atoms with Crippen LogP contribution < -0.4 is 5.73 Å². The molecular formula is C11H15N3O. The highest BCUT2D eigenvalue weighted by molar-refractivity contribution is 5.78. The normalized spacial score (nSPS) is 11.0. The van der Waals surface area contributed by atoms with Gasteiger partial charge in [-0.2, -0.15) is 0 Å². The molecule has 0 amide bonds. The van der Waals surface area contributed by atoms with Crippen LogP contribution in [0.4, 0.5) is 5.69 Å². The molecule has 0 atom stereocenters. The van der Waals surface area contributed by atoms with E-state index in [0.717, 1.165) is 29.9 Å². The number of hydrogen-bond donors (Lipinski definition) is 1. The molecule has 0 aliphatic rings. The third kappa shape index (κ3) is 2.10. The Kier molecular flexibility index (Phi) is 2.87. The first-order valence-electron chi connectivity index (χ1n) is 5.09. The van der Waals surface area contributed by atoms with Crippen molar-refractivity contribution in [1.82, 2.24) is 9.55 Å². The van der Waals surface area contributed by atoms with E-state index in [9.17, 15) is 0 Å². The molecule has 0 spiro atoms.